The largest absolute Gasteiger partial charge is 0.313 e. The van der Waals surface area contributed by atoms with E-state index < -0.39 is 28.8 Å². The summed E-state index contributed by atoms with van der Waals surface area (Å²) < 4.78 is 45.8. The monoisotopic (exact) mass is 391 g/mol. The van der Waals surface area contributed by atoms with Gasteiger partial charge < -0.3 is 5.21 Å². The Kier molecular flexibility index (Phi) is 6.02. The van der Waals surface area contributed by atoms with Crippen molar-refractivity contribution in [3.05, 3.63) is 0 Å². The Labute approximate surface area is 141 Å². The zero-order valence-electron chi connectivity index (χ0n) is 13.7. The fraction of sp³-hybridized carbons (Fsp3) is 1.00. The van der Waals surface area contributed by atoms with Gasteiger partial charge in [-0.2, -0.15) is 5.06 Å². The highest BCUT2D eigenvalue weighted by molar-refractivity contribution is 8.72. The summed E-state index contributed by atoms with van der Waals surface area (Å²) >= 11 is 0. The van der Waals surface area contributed by atoms with Crippen molar-refractivity contribution in [3.8, 4) is 0 Å². The molecule has 0 aromatic rings. The Bertz CT molecular complexity index is 557. The van der Waals surface area contributed by atoms with E-state index in [-0.39, 0.29) is 11.8 Å². The van der Waals surface area contributed by atoms with Crippen molar-refractivity contribution in [3.63, 3.8) is 0 Å². The highest BCUT2D eigenvalue weighted by atomic mass is 33.1. The molecule has 0 saturated carbocycles. The van der Waals surface area contributed by atoms with Gasteiger partial charge in [0.2, 0.25) is 0 Å². The van der Waals surface area contributed by atoms with E-state index in [1.807, 2.05) is 27.7 Å². The molecule has 1 rings (SSSR count). The van der Waals surface area contributed by atoms with Crippen molar-refractivity contribution in [2.75, 3.05) is 24.0 Å². The standard InChI is InChI=1S/C12H25NO5S4/c1-11(2)9(7-19-21(5,15)16)10(8-20-22(6,17)18)12(3,4)13(11)14/h9-10,14H,7-8H2,1-6H3. The van der Waals surface area contributed by atoms with Gasteiger partial charge in [-0.1, -0.05) is 0 Å². The van der Waals surface area contributed by atoms with E-state index in [0.717, 1.165) is 34.1 Å². The Morgan fingerprint density at radius 3 is 1.36 bits per heavy atom. The molecule has 1 fully saturated rings. The number of hydroxylamine groups is 2. The van der Waals surface area contributed by atoms with E-state index in [4.69, 9.17) is 0 Å². The van der Waals surface area contributed by atoms with E-state index in [1.54, 1.807) is 0 Å². The topological polar surface area (TPSA) is 91.8 Å². The van der Waals surface area contributed by atoms with Gasteiger partial charge in [0.15, 0.2) is 17.7 Å². The van der Waals surface area contributed by atoms with Gasteiger partial charge in [0.25, 0.3) is 0 Å². The predicted molar refractivity (Wildman–Crippen MR) is 93.4 cm³/mol. The van der Waals surface area contributed by atoms with Crippen LogP contribution in [0.1, 0.15) is 27.7 Å². The van der Waals surface area contributed by atoms with Crippen LogP contribution in [0.25, 0.3) is 0 Å². The lowest BCUT2D eigenvalue weighted by Gasteiger charge is -2.36. The first kappa shape index (κ1) is 20.6. The van der Waals surface area contributed by atoms with Crippen LogP contribution in [0, 0.1) is 11.8 Å². The molecule has 2 atom stereocenters. The Morgan fingerprint density at radius 2 is 1.14 bits per heavy atom. The van der Waals surface area contributed by atoms with Crippen LogP contribution in [0.5, 0.6) is 0 Å². The van der Waals surface area contributed by atoms with Crippen molar-refractivity contribution in [2.45, 2.75) is 38.8 Å². The summed E-state index contributed by atoms with van der Waals surface area (Å²) in [6, 6.07) is 0. The molecule has 0 amide bonds. The van der Waals surface area contributed by atoms with Crippen molar-refractivity contribution >= 4 is 39.3 Å². The smallest absolute Gasteiger partial charge is 0.198 e. The summed E-state index contributed by atoms with van der Waals surface area (Å²) in [6.07, 6.45) is 2.31. The summed E-state index contributed by atoms with van der Waals surface area (Å²) in [5.41, 5.74) is -1.27. The molecule has 1 aliphatic heterocycles. The zero-order valence-corrected chi connectivity index (χ0v) is 17.0. The first-order valence-corrected chi connectivity index (χ1v) is 13.6. The van der Waals surface area contributed by atoms with Crippen LogP contribution in [-0.2, 0) is 17.7 Å². The van der Waals surface area contributed by atoms with Gasteiger partial charge in [0.05, 0.1) is 0 Å². The van der Waals surface area contributed by atoms with Crippen LogP contribution >= 0.6 is 21.6 Å². The lowest BCUT2D eigenvalue weighted by Crippen LogP contribution is -2.48. The molecule has 1 heterocycles. The van der Waals surface area contributed by atoms with Gasteiger partial charge in [0, 0.05) is 35.1 Å². The lowest BCUT2D eigenvalue weighted by molar-refractivity contribution is -0.198. The molecule has 0 aromatic carbocycles. The molecular weight excluding hydrogens is 366 g/mol. The van der Waals surface area contributed by atoms with Crippen molar-refractivity contribution in [1.82, 2.24) is 5.06 Å². The molecule has 10 heteroatoms. The lowest BCUT2D eigenvalue weighted by atomic mass is 9.79. The van der Waals surface area contributed by atoms with E-state index in [0.29, 0.717) is 11.5 Å². The van der Waals surface area contributed by atoms with Crippen LogP contribution in [0.15, 0.2) is 0 Å². The van der Waals surface area contributed by atoms with Crippen LogP contribution in [0.3, 0.4) is 0 Å². The average Bonchev–Trinajstić information content (AvgIpc) is 2.40. The molecule has 1 aliphatic rings. The Balaban J connectivity index is 3.09. The van der Waals surface area contributed by atoms with Crippen LogP contribution in [-0.4, -0.2) is 62.2 Å². The third-order valence-corrected chi connectivity index (χ3v) is 9.55. The quantitative estimate of drug-likeness (QED) is 0.686. The van der Waals surface area contributed by atoms with Crippen molar-refractivity contribution < 1.29 is 22.0 Å². The first-order valence-electron chi connectivity index (χ1n) is 6.77. The Hall–Kier alpha value is 0.520. The van der Waals surface area contributed by atoms with Crippen LogP contribution < -0.4 is 0 Å². The molecule has 132 valence electrons. The van der Waals surface area contributed by atoms with Gasteiger partial charge in [0.1, 0.15) is 0 Å². The second-order valence-electron chi connectivity index (χ2n) is 6.81. The third-order valence-electron chi connectivity index (χ3n) is 4.32. The molecule has 0 aliphatic carbocycles. The normalized spacial score (nSPS) is 28.9. The number of hydrogen-bond donors (Lipinski definition) is 1. The number of nitrogens with zero attached hydrogens (tertiary/aromatic N) is 1. The predicted octanol–water partition coefficient (Wildman–Crippen LogP) is 1.87. The summed E-state index contributed by atoms with van der Waals surface area (Å²) in [6.45, 7) is 7.42. The van der Waals surface area contributed by atoms with E-state index in [1.165, 1.54) is 5.06 Å². The minimum absolute atomic E-state index is 0.151. The first-order chi connectivity index (χ1) is 9.59. The molecular formula is C12H25NO5S4. The maximum atomic E-state index is 11.5. The fourth-order valence-electron chi connectivity index (χ4n) is 3.08. The number of rotatable bonds is 6. The highest BCUT2D eigenvalue weighted by Crippen LogP contribution is 2.50. The molecule has 6 nitrogen and oxygen atoms in total. The van der Waals surface area contributed by atoms with Crippen LogP contribution in [0.2, 0.25) is 0 Å². The van der Waals surface area contributed by atoms with Gasteiger partial charge in [-0.15, -0.1) is 0 Å². The third kappa shape index (κ3) is 4.76. The summed E-state index contributed by atoms with van der Waals surface area (Å²) in [4.78, 5) is 0. The van der Waals surface area contributed by atoms with Crippen molar-refractivity contribution in [1.29, 1.82) is 0 Å². The van der Waals surface area contributed by atoms with Gasteiger partial charge in [-0.3, -0.25) is 0 Å². The summed E-state index contributed by atoms with van der Waals surface area (Å²) in [5.74, 6) is 0.339. The summed E-state index contributed by atoms with van der Waals surface area (Å²) in [7, 11) is -4.69. The molecule has 0 spiro atoms. The fourth-order valence-corrected chi connectivity index (χ4v) is 7.51. The van der Waals surface area contributed by atoms with E-state index in [9.17, 15) is 22.0 Å². The van der Waals surface area contributed by atoms with Gasteiger partial charge >= 0.3 is 0 Å². The SMILES string of the molecule is CC1(C)C(CSS(C)(=O)=O)C(CSS(C)(=O)=O)C(C)(C)N1O. The number of hydrogen-bond acceptors (Lipinski definition) is 8. The second kappa shape index (κ2) is 6.44. The molecule has 22 heavy (non-hydrogen) atoms. The molecule has 0 bridgehead atoms. The minimum atomic E-state index is -3.19. The maximum Gasteiger partial charge on any atom is 0.198 e. The zero-order chi connectivity index (χ0) is 17.6. The maximum absolute atomic E-state index is 11.5. The highest BCUT2D eigenvalue weighted by Gasteiger charge is 2.58. The Morgan fingerprint density at radius 1 is 0.864 bits per heavy atom. The molecule has 0 radical (unpaired) electrons. The molecule has 0 aromatic heterocycles. The minimum Gasteiger partial charge on any atom is -0.313 e. The van der Waals surface area contributed by atoms with Crippen LogP contribution in [0.4, 0.5) is 0 Å². The van der Waals surface area contributed by atoms with E-state index in [2.05, 4.69) is 0 Å². The van der Waals surface area contributed by atoms with E-state index >= 15 is 0 Å². The molecule has 1 N–H and O–H groups in total. The second-order valence-corrected chi connectivity index (χ2v) is 15.8. The average molecular weight is 392 g/mol. The van der Waals surface area contributed by atoms with Gasteiger partial charge in [-0.05, 0) is 61.1 Å². The molecule has 2 unspecified atom stereocenters. The van der Waals surface area contributed by atoms with Crippen molar-refractivity contribution in [2.24, 2.45) is 11.8 Å². The summed E-state index contributed by atoms with van der Waals surface area (Å²) in [5, 5.41) is 11.8. The molecule has 1 saturated heterocycles. The van der Waals surface area contributed by atoms with Gasteiger partial charge in [-0.25, -0.2) is 16.8 Å².